The summed E-state index contributed by atoms with van der Waals surface area (Å²) in [7, 11) is 1.24. The number of esters is 1. The van der Waals surface area contributed by atoms with Crippen molar-refractivity contribution in [1.29, 1.82) is 0 Å². The molecule has 0 fully saturated rings. The molecule has 200 valence electrons. The summed E-state index contributed by atoms with van der Waals surface area (Å²) in [6.45, 7) is 3.78. The molecule has 6 nitrogen and oxygen atoms in total. The van der Waals surface area contributed by atoms with Crippen molar-refractivity contribution < 1.29 is 37.3 Å². The maximum Gasteiger partial charge on any atom is 0.416 e. The van der Waals surface area contributed by atoms with Gasteiger partial charge in [0.1, 0.15) is 17.4 Å². The molecule has 0 aliphatic carbocycles. The van der Waals surface area contributed by atoms with Gasteiger partial charge in [-0.15, -0.1) is 11.3 Å². The number of thiazole rings is 1. The second-order valence-corrected chi connectivity index (χ2v) is 9.63. The van der Waals surface area contributed by atoms with Crippen LogP contribution < -0.4 is 4.74 Å². The van der Waals surface area contributed by atoms with Gasteiger partial charge in [-0.3, -0.25) is 0 Å². The Morgan fingerprint density at radius 2 is 1.71 bits per heavy atom. The highest BCUT2D eigenvalue weighted by Gasteiger charge is 2.38. The van der Waals surface area contributed by atoms with E-state index in [-0.39, 0.29) is 19.6 Å². The first-order valence-electron chi connectivity index (χ1n) is 11.8. The highest BCUT2D eigenvalue weighted by atomic mass is 32.1. The number of hydrogen-bond donors (Lipinski definition) is 1. The summed E-state index contributed by atoms with van der Waals surface area (Å²) in [5.74, 6) is -2.41. The van der Waals surface area contributed by atoms with Crippen LogP contribution in [0, 0.1) is 6.92 Å². The molecule has 10 heteroatoms. The first-order valence-corrected chi connectivity index (χ1v) is 12.6. The Morgan fingerprint density at radius 1 is 1.03 bits per heavy atom. The molecule has 3 aromatic carbocycles. The minimum atomic E-state index is -4.39. The van der Waals surface area contributed by atoms with Crippen molar-refractivity contribution in [2.75, 3.05) is 13.7 Å². The fourth-order valence-electron chi connectivity index (χ4n) is 3.97. The van der Waals surface area contributed by atoms with Gasteiger partial charge >= 0.3 is 12.1 Å². The third-order valence-electron chi connectivity index (χ3n) is 6.05. The number of halogens is 3. The van der Waals surface area contributed by atoms with Crippen LogP contribution in [-0.2, 0) is 33.5 Å². The van der Waals surface area contributed by atoms with E-state index in [1.54, 1.807) is 19.1 Å². The van der Waals surface area contributed by atoms with E-state index < -0.39 is 23.5 Å². The van der Waals surface area contributed by atoms with E-state index in [1.165, 1.54) is 30.6 Å². The Labute approximate surface area is 221 Å². The summed E-state index contributed by atoms with van der Waals surface area (Å²) in [6, 6.07) is 15.9. The molecule has 1 unspecified atom stereocenters. The van der Waals surface area contributed by atoms with Gasteiger partial charge in [0.15, 0.2) is 0 Å². The first-order chi connectivity index (χ1) is 18.1. The van der Waals surface area contributed by atoms with Crippen molar-refractivity contribution in [2.24, 2.45) is 0 Å². The molecular formula is C28H26F3NO5S. The summed E-state index contributed by atoms with van der Waals surface area (Å²) >= 11 is 1.35. The Kier molecular flexibility index (Phi) is 8.05. The highest BCUT2D eigenvalue weighted by molar-refractivity contribution is 7.15. The fraction of sp³-hybridized carbons (Fsp3) is 0.286. The molecule has 1 atom stereocenters. The fourth-order valence-corrected chi connectivity index (χ4v) is 4.96. The standard InChI is InChI=1S/C28H26F3NO5S/c1-4-36-26(33)27(34,35-3)15-19-11-14-23(22-8-6-5-7-21(19)22)37-16-24-17(2)32-25(38-24)18-9-12-20(13-10-18)28(29,30)31/h5-14,34H,4,15-16H2,1-3H3. The van der Waals surface area contributed by atoms with Crippen LogP contribution in [0.15, 0.2) is 60.7 Å². The van der Waals surface area contributed by atoms with Crippen molar-refractivity contribution >= 4 is 28.1 Å². The number of hydrogen-bond acceptors (Lipinski definition) is 7. The van der Waals surface area contributed by atoms with E-state index in [9.17, 15) is 23.1 Å². The smallest absolute Gasteiger partial charge is 0.416 e. The van der Waals surface area contributed by atoms with E-state index in [2.05, 4.69) is 4.98 Å². The van der Waals surface area contributed by atoms with E-state index in [0.717, 1.165) is 33.5 Å². The van der Waals surface area contributed by atoms with Crippen molar-refractivity contribution in [2.45, 2.75) is 38.8 Å². The number of aromatic nitrogens is 1. The molecular weight excluding hydrogens is 519 g/mol. The molecule has 0 saturated carbocycles. The summed E-state index contributed by atoms with van der Waals surface area (Å²) in [5.41, 5.74) is 1.29. The van der Waals surface area contributed by atoms with Gasteiger partial charge in [0.05, 0.1) is 22.7 Å². The number of alkyl halides is 3. The van der Waals surface area contributed by atoms with Gasteiger partial charge in [-0.25, -0.2) is 9.78 Å². The van der Waals surface area contributed by atoms with Crippen molar-refractivity contribution in [3.05, 3.63) is 82.4 Å². The summed E-state index contributed by atoms with van der Waals surface area (Å²) in [6.07, 6.45) is -4.51. The zero-order chi connectivity index (χ0) is 27.5. The summed E-state index contributed by atoms with van der Waals surface area (Å²) in [5, 5.41) is 12.9. The number of carbonyl (C=O) groups excluding carboxylic acids is 1. The lowest BCUT2D eigenvalue weighted by molar-refractivity contribution is -0.218. The molecule has 1 heterocycles. The Morgan fingerprint density at radius 3 is 2.34 bits per heavy atom. The predicted octanol–water partition coefficient (Wildman–Crippen LogP) is 6.31. The van der Waals surface area contributed by atoms with Gasteiger partial charge in [0, 0.05) is 24.5 Å². The van der Waals surface area contributed by atoms with Crippen molar-refractivity contribution in [3.8, 4) is 16.3 Å². The first kappa shape index (κ1) is 27.6. The van der Waals surface area contributed by atoms with Crippen LogP contribution in [-0.4, -0.2) is 35.6 Å². The number of fused-ring (bicyclic) bond motifs is 1. The SMILES string of the molecule is CCOC(=O)C(O)(Cc1ccc(OCc2sc(-c3ccc(C(F)(F)F)cc3)nc2C)c2ccccc12)OC. The molecule has 1 aromatic heterocycles. The number of benzene rings is 3. The van der Waals surface area contributed by atoms with Crippen LogP contribution in [0.2, 0.25) is 0 Å². The number of rotatable bonds is 9. The maximum atomic E-state index is 12.9. The zero-order valence-electron chi connectivity index (χ0n) is 21.0. The number of carbonyl (C=O) groups is 1. The number of aliphatic hydroxyl groups is 1. The van der Waals surface area contributed by atoms with Crippen molar-refractivity contribution in [3.63, 3.8) is 0 Å². The quantitative estimate of drug-likeness (QED) is 0.196. The van der Waals surface area contributed by atoms with Crippen molar-refractivity contribution in [1.82, 2.24) is 4.98 Å². The minimum absolute atomic E-state index is 0.107. The monoisotopic (exact) mass is 545 g/mol. The van der Waals surface area contributed by atoms with Crippen LogP contribution in [0.25, 0.3) is 21.3 Å². The summed E-state index contributed by atoms with van der Waals surface area (Å²) in [4.78, 5) is 17.6. The molecule has 0 aliphatic rings. The maximum absolute atomic E-state index is 12.9. The van der Waals surface area contributed by atoms with Gasteiger partial charge in [0.25, 0.3) is 5.79 Å². The molecule has 0 bridgehead atoms. The Balaban J connectivity index is 1.56. The van der Waals surface area contributed by atoms with Crippen LogP contribution in [0.4, 0.5) is 13.2 Å². The number of aryl methyl sites for hydroxylation is 1. The molecule has 0 amide bonds. The molecule has 0 radical (unpaired) electrons. The average molecular weight is 546 g/mol. The van der Waals surface area contributed by atoms with E-state index in [0.29, 0.717) is 21.9 Å². The van der Waals surface area contributed by atoms with Gasteiger partial charge in [-0.2, -0.15) is 13.2 Å². The van der Waals surface area contributed by atoms with Crippen LogP contribution in [0.5, 0.6) is 5.75 Å². The topological polar surface area (TPSA) is 77.9 Å². The highest BCUT2D eigenvalue weighted by Crippen LogP contribution is 2.35. The molecule has 0 spiro atoms. The number of ether oxygens (including phenoxy) is 3. The Hall–Kier alpha value is -3.47. The summed E-state index contributed by atoms with van der Waals surface area (Å²) < 4.78 is 54.9. The zero-order valence-corrected chi connectivity index (χ0v) is 21.8. The van der Waals surface area contributed by atoms with E-state index >= 15 is 0 Å². The number of nitrogens with zero attached hydrogens (tertiary/aromatic N) is 1. The van der Waals surface area contributed by atoms with Gasteiger partial charge in [-0.1, -0.05) is 42.5 Å². The Bertz CT molecular complexity index is 1430. The lowest BCUT2D eigenvalue weighted by atomic mass is 9.97. The number of methoxy groups -OCH3 is 1. The third kappa shape index (κ3) is 5.82. The van der Waals surface area contributed by atoms with Gasteiger partial charge in [0.2, 0.25) is 0 Å². The average Bonchev–Trinajstić information content (AvgIpc) is 3.28. The van der Waals surface area contributed by atoms with Gasteiger partial charge in [-0.05, 0) is 43.0 Å². The van der Waals surface area contributed by atoms with Gasteiger partial charge < -0.3 is 19.3 Å². The van der Waals surface area contributed by atoms with Crippen LogP contribution in [0.3, 0.4) is 0 Å². The molecule has 0 saturated heterocycles. The molecule has 4 rings (SSSR count). The largest absolute Gasteiger partial charge is 0.487 e. The normalized spacial score (nSPS) is 13.3. The van der Waals surface area contributed by atoms with Crippen LogP contribution >= 0.6 is 11.3 Å². The molecule has 1 N–H and O–H groups in total. The van der Waals surface area contributed by atoms with Crippen LogP contribution in [0.1, 0.15) is 28.6 Å². The molecule has 38 heavy (non-hydrogen) atoms. The predicted molar refractivity (Wildman–Crippen MR) is 138 cm³/mol. The molecule has 4 aromatic rings. The minimum Gasteiger partial charge on any atom is -0.487 e. The second-order valence-electron chi connectivity index (χ2n) is 8.55. The second kappa shape index (κ2) is 11.1. The van der Waals surface area contributed by atoms with E-state index in [4.69, 9.17) is 14.2 Å². The lowest BCUT2D eigenvalue weighted by Gasteiger charge is -2.25. The third-order valence-corrected chi connectivity index (χ3v) is 7.23. The molecule has 0 aliphatic heterocycles. The van der Waals surface area contributed by atoms with E-state index in [1.807, 2.05) is 31.2 Å². The lowest BCUT2D eigenvalue weighted by Crippen LogP contribution is -2.44.